The van der Waals surface area contributed by atoms with Crippen LogP contribution in [0.5, 0.6) is 0 Å². The number of pyridine rings is 1. The molecular formula is C29H25N5O4. The van der Waals surface area contributed by atoms with Crippen molar-refractivity contribution in [3.8, 4) is 0 Å². The van der Waals surface area contributed by atoms with Gasteiger partial charge in [-0.05, 0) is 17.2 Å². The molecule has 0 atom stereocenters. The first-order valence-electron chi connectivity index (χ1n) is 12.1. The van der Waals surface area contributed by atoms with E-state index in [-0.39, 0.29) is 48.2 Å². The minimum atomic E-state index is -0.570. The summed E-state index contributed by atoms with van der Waals surface area (Å²) >= 11 is 0. The molecule has 0 aliphatic heterocycles. The predicted molar refractivity (Wildman–Crippen MR) is 148 cm³/mol. The summed E-state index contributed by atoms with van der Waals surface area (Å²) in [6, 6.07) is 19.7. The molecule has 2 aromatic carbocycles. The van der Waals surface area contributed by atoms with E-state index in [1.54, 1.807) is 0 Å². The smallest absolute Gasteiger partial charge is 0.273 e. The van der Waals surface area contributed by atoms with Crippen LogP contribution in [0.4, 0.5) is 0 Å². The Morgan fingerprint density at radius 2 is 1.00 bits per heavy atom. The molecule has 38 heavy (non-hydrogen) atoms. The minimum Gasteiger partial charge on any atom is -0.273 e. The first-order chi connectivity index (χ1) is 18.4. The molecule has 0 N–H and O–H groups in total. The van der Waals surface area contributed by atoms with Gasteiger partial charge in [0.05, 0.1) is 23.9 Å². The van der Waals surface area contributed by atoms with Gasteiger partial charge in [0.1, 0.15) is 0 Å². The lowest BCUT2D eigenvalue weighted by atomic mass is 10.2. The van der Waals surface area contributed by atoms with Crippen LogP contribution in [0.1, 0.15) is 11.1 Å². The van der Waals surface area contributed by atoms with E-state index in [9.17, 15) is 19.2 Å². The van der Waals surface area contributed by atoms with Crippen molar-refractivity contribution in [3.63, 3.8) is 0 Å². The summed E-state index contributed by atoms with van der Waals surface area (Å²) in [5.41, 5.74) is -0.562. The highest BCUT2D eigenvalue weighted by molar-refractivity contribution is 5.88. The average Bonchev–Trinajstić information content (AvgIpc) is 2.94. The maximum Gasteiger partial charge on any atom is 0.333 e. The Morgan fingerprint density at radius 1 is 0.605 bits per heavy atom. The Kier molecular flexibility index (Phi) is 6.57. The average molecular weight is 508 g/mol. The summed E-state index contributed by atoms with van der Waals surface area (Å²) in [5.74, 6) is 0. The van der Waals surface area contributed by atoms with E-state index in [1.807, 2.05) is 60.7 Å². The van der Waals surface area contributed by atoms with Crippen LogP contribution in [-0.2, 0) is 26.2 Å². The van der Waals surface area contributed by atoms with Crippen LogP contribution in [0.3, 0.4) is 0 Å². The summed E-state index contributed by atoms with van der Waals surface area (Å²) in [6.07, 6.45) is 3.05. The Labute approximate surface area is 216 Å². The zero-order valence-electron chi connectivity index (χ0n) is 20.6. The van der Waals surface area contributed by atoms with Gasteiger partial charge < -0.3 is 0 Å². The zero-order chi connectivity index (χ0) is 26.8. The topological polar surface area (TPSA) is 101 Å². The highest BCUT2D eigenvalue weighted by Gasteiger charge is 2.20. The Hall–Kier alpha value is -5.05. The molecule has 0 saturated carbocycles. The fourth-order valence-corrected chi connectivity index (χ4v) is 4.56. The summed E-state index contributed by atoms with van der Waals surface area (Å²) in [5, 5.41) is 0.198. The van der Waals surface area contributed by atoms with Crippen molar-refractivity contribution in [2.24, 2.45) is 0 Å². The lowest BCUT2D eigenvalue weighted by Crippen LogP contribution is -2.42. The van der Waals surface area contributed by atoms with Crippen LogP contribution in [-0.4, -0.2) is 23.3 Å². The Bertz CT molecular complexity index is 1790. The van der Waals surface area contributed by atoms with Crippen LogP contribution in [0.25, 0.3) is 22.1 Å². The van der Waals surface area contributed by atoms with Gasteiger partial charge in [-0.3, -0.25) is 27.9 Å². The molecule has 5 rings (SSSR count). The van der Waals surface area contributed by atoms with Crippen molar-refractivity contribution in [2.75, 3.05) is 0 Å². The first-order valence-corrected chi connectivity index (χ1v) is 12.1. The lowest BCUT2D eigenvalue weighted by Gasteiger charge is -2.16. The Balaban J connectivity index is 1.86. The molecule has 190 valence electrons. The molecule has 3 heterocycles. The molecule has 9 nitrogen and oxygen atoms in total. The van der Waals surface area contributed by atoms with Gasteiger partial charge in [0, 0.05) is 13.1 Å². The molecule has 0 spiro atoms. The number of aromatic nitrogens is 5. The third-order valence-electron chi connectivity index (χ3n) is 6.36. The quantitative estimate of drug-likeness (QED) is 0.237. The van der Waals surface area contributed by atoms with Crippen LogP contribution in [0, 0.1) is 0 Å². The monoisotopic (exact) mass is 507 g/mol. The van der Waals surface area contributed by atoms with Crippen LogP contribution >= 0.6 is 0 Å². The molecule has 0 radical (unpaired) electrons. The van der Waals surface area contributed by atoms with E-state index < -0.39 is 22.5 Å². The highest BCUT2D eigenvalue weighted by atomic mass is 16.2. The number of nitrogens with zero attached hydrogens (tertiary/aromatic N) is 5. The zero-order valence-corrected chi connectivity index (χ0v) is 20.6. The normalized spacial score (nSPS) is 11.2. The number of fused-ring (bicyclic) bond motifs is 2. The second-order valence-corrected chi connectivity index (χ2v) is 8.85. The fraction of sp³-hybridized carbons (Fsp3) is 0.138. The van der Waals surface area contributed by atoms with E-state index >= 15 is 0 Å². The molecule has 5 aromatic rings. The predicted octanol–water partition coefficient (Wildman–Crippen LogP) is 2.50. The van der Waals surface area contributed by atoms with Crippen LogP contribution in [0.15, 0.2) is 111 Å². The minimum absolute atomic E-state index is 0.0534. The van der Waals surface area contributed by atoms with Gasteiger partial charge >= 0.3 is 11.4 Å². The Morgan fingerprint density at radius 3 is 1.37 bits per heavy atom. The van der Waals surface area contributed by atoms with Crippen molar-refractivity contribution in [1.29, 1.82) is 0 Å². The molecule has 0 unspecified atom stereocenters. The van der Waals surface area contributed by atoms with Gasteiger partial charge in [0.25, 0.3) is 11.1 Å². The maximum atomic E-state index is 13.6. The molecule has 3 aromatic heterocycles. The van der Waals surface area contributed by atoms with Gasteiger partial charge in [-0.1, -0.05) is 72.8 Å². The second-order valence-electron chi connectivity index (χ2n) is 8.85. The molecule has 0 aliphatic rings. The number of allylic oxidation sites excluding steroid dienone is 2. The SMILES string of the molecule is C=CCn1c(=O)n(Cc2ccccc2)c(=O)c2cc3c(=O)n(Cc4ccccc4)c(=O)n(CC=C)c3nc21. The van der Waals surface area contributed by atoms with Crippen molar-refractivity contribution in [3.05, 3.63) is 145 Å². The van der Waals surface area contributed by atoms with Gasteiger partial charge in [0.2, 0.25) is 0 Å². The van der Waals surface area contributed by atoms with Gasteiger partial charge in [-0.25, -0.2) is 14.6 Å². The van der Waals surface area contributed by atoms with Gasteiger partial charge in [-0.2, -0.15) is 0 Å². The molecule has 0 bridgehead atoms. The van der Waals surface area contributed by atoms with Crippen LogP contribution in [0.2, 0.25) is 0 Å². The summed E-state index contributed by atoms with van der Waals surface area (Å²) in [7, 11) is 0. The third kappa shape index (κ3) is 4.24. The molecule has 0 amide bonds. The summed E-state index contributed by atoms with van der Waals surface area (Å²) in [4.78, 5) is 58.6. The lowest BCUT2D eigenvalue weighted by molar-refractivity contribution is 0.628. The van der Waals surface area contributed by atoms with E-state index in [0.717, 1.165) is 20.3 Å². The van der Waals surface area contributed by atoms with Gasteiger partial charge in [-0.15, -0.1) is 13.2 Å². The number of hydrogen-bond donors (Lipinski definition) is 0. The van der Waals surface area contributed by atoms with E-state index in [4.69, 9.17) is 0 Å². The molecule has 9 heteroatoms. The maximum absolute atomic E-state index is 13.6. The van der Waals surface area contributed by atoms with E-state index in [1.165, 1.54) is 27.4 Å². The highest BCUT2D eigenvalue weighted by Crippen LogP contribution is 2.14. The standard InChI is InChI=1S/C29H25N5O4/c1-3-15-31-24-22(26(35)33(28(31)37)18-20-11-7-5-8-12-20)17-23-25(30-24)32(16-4-2)29(38)34(27(23)36)19-21-13-9-6-10-14-21/h3-14,17H,1-2,15-16,18-19H2. The summed E-state index contributed by atoms with van der Waals surface area (Å²) < 4.78 is 4.89. The molecule has 0 fully saturated rings. The number of benzene rings is 2. The third-order valence-corrected chi connectivity index (χ3v) is 6.36. The van der Waals surface area contributed by atoms with E-state index in [0.29, 0.717) is 0 Å². The fourth-order valence-electron chi connectivity index (χ4n) is 4.56. The molecule has 0 saturated heterocycles. The van der Waals surface area contributed by atoms with Crippen molar-refractivity contribution >= 4 is 22.1 Å². The van der Waals surface area contributed by atoms with Crippen molar-refractivity contribution in [2.45, 2.75) is 26.2 Å². The molecule has 0 aliphatic carbocycles. The number of rotatable bonds is 8. The van der Waals surface area contributed by atoms with Crippen molar-refractivity contribution < 1.29 is 0 Å². The largest absolute Gasteiger partial charge is 0.333 e. The van der Waals surface area contributed by atoms with E-state index in [2.05, 4.69) is 18.1 Å². The molecular weight excluding hydrogens is 482 g/mol. The van der Waals surface area contributed by atoms with Gasteiger partial charge in [0.15, 0.2) is 11.3 Å². The first kappa shape index (κ1) is 24.6. The van der Waals surface area contributed by atoms with Crippen LogP contribution < -0.4 is 22.5 Å². The number of hydrogen-bond acceptors (Lipinski definition) is 5. The summed E-state index contributed by atoms with van der Waals surface area (Å²) in [6.45, 7) is 7.74. The van der Waals surface area contributed by atoms with Crippen molar-refractivity contribution in [1.82, 2.24) is 23.3 Å². The second kappa shape index (κ2) is 10.1.